The second-order valence-corrected chi connectivity index (χ2v) is 5.09. The number of pyridine rings is 2. The van der Waals surface area contributed by atoms with Crippen LogP contribution >= 0.6 is 11.3 Å². The largest absolute Gasteiger partial charge is 0.390 e. The first-order valence-corrected chi connectivity index (χ1v) is 6.70. The molecule has 0 unspecified atom stereocenters. The molecule has 0 atom stereocenters. The monoisotopic (exact) mass is 284 g/mol. The van der Waals surface area contributed by atoms with Crippen molar-refractivity contribution in [2.75, 3.05) is 0 Å². The fourth-order valence-electron chi connectivity index (χ4n) is 1.92. The Bertz CT molecular complexity index is 791. The number of carbonyl (C=O) groups is 1. The summed E-state index contributed by atoms with van der Waals surface area (Å²) in [7, 11) is 0. The predicted molar refractivity (Wildman–Crippen MR) is 75.1 cm³/mol. The van der Waals surface area contributed by atoms with E-state index in [1.807, 2.05) is 24.3 Å². The van der Waals surface area contributed by atoms with Gasteiger partial charge in [0.25, 0.3) is 0 Å². The van der Waals surface area contributed by atoms with Crippen molar-refractivity contribution in [1.82, 2.24) is 9.97 Å². The van der Waals surface area contributed by atoms with Crippen LogP contribution in [-0.2, 0) is 0 Å². The number of aromatic nitrogens is 3. The molecule has 0 bridgehead atoms. The number of carbonyl (C=O) groups excluding carboxylic acids is 1. The van der Waals surface area contributed by atoms with E-state index in [2.05, 4.69) is 9.97 Å². The molecule has 6 heteroatoms. The van der Waals surface area contributed by atoms with Crippen LogP contribution in [0.15, 0.2) is 53.8 Å². The van der Waals surface area contributed by atoms with Crippen LogP contribution in [0.4, 0.5) is 0 Å². The minimum absolute atomic E-state index is 0.243. The Hall–Kier alpha value is -2.60. The van der Waals surface area contributed by atoms with Crippen molar-refractivity contribution >= 4 is 17.6 Å². The van der Waals surface area contributed by atoms with Gasteiger partial charge in [0.1, 0.15) is 0 Å². The average molecular weight is 284 g/mol. The molecule has 3 aromatic heterocycles. The van der Waals surface area contributed by atoms with Crippen LogP contribution < -0.4 is 9.44 Å². The number of thiazole rings is 1. The highest BCUT2D eigenvalue weighted by atomic mass is 32.1. The lowest BCUT2D eigenvalue weighted by molar-refractivity contribution is -0.599. The van der Waals surface area contributed by atoms with E-state index < -0.39 is 0 Å². The number of aldehydes is 1. The van der Waals surface area contributed by atoms with Gasteiger partial charge in [0, 0.05) is 12.4 Å². The molecule has 20 heavy (non-hydrogen) atoms. The summed E-state index contributed by atoms with van der Waals surface area (Å²) in [5.41, 5.74) is 2.09. The van der Waals surface area contributed by atoms with Gasteiger partial charge in [0.2, 0.25) is 0 Å². The fraction of sp³-hybridized carbons (Fsp3) is 0. The van der Waals surface area contributed by atoms with Crippen molar-refractivity contribution < 1.29 is 9.36 Å². The third kappa shape index (κ3) is 2.28. The molecule has 3 heterocycles. The van der Waals surface area contributed by atoms with E-state index in [1.54, 1.807) is 29.4 Å². The van der Waals surface area contributed by atoms with Gasteiger partial charge in [-0.05, 0) is 46.7 Å². The zero-order chi connectivity index (χ0) is 13.9. The Morgan fingerprint density at radius 1 is 1.10 bits per heavy atom. The van der Waals surface area contributed by atoms with Gasteiger partial charge in [-0.25, -0.2) is 9.36 Å². The molecule has 0 radical (unpaired) electrons. The number of hydrogen-bond acceptors (Lipinski definition) is 4. The predicted octanol–water partition coefficient (Wildman–Crippen LogP) is 1.59. The van der Waals surface area contributed by atoms with Gasteiger partial charge in [-0.1, -0.05) is 0 Å². The van der Waals surface area contributed by atoms with Crippen LogP contribution in [-0.4, -0.2) is 16.3 Å². The van der Waals surface area contributed by atoms with Crippen molar-refractivity contribution in [1.29, 1.82) is 0 Å². The number of rotatable bonds is 3. The normalized spacial score (nSPS) is 10.4. The van der Waals surface area contributed by atoms with Gasteiger partial charge in [-0.2, -0.15) is 4.98 Å². The number of H-pyrrole nitrogens is 1. The molecule has 1 N–H and O–H groups in total. The van der Waals surface area contributed by atoms with Crippen LogP contribution in [0.2, 0.25) is 0 Å². The molecule has 3 aromatic rings. The summed E-state index contributed by atoms with van der Waals surface area (Å²) in [6, 6.07) is 7.67. The van der Waals surface area contributed by atoms with E-state index in [-0.39, 0.29) is 4.87 Å². The lowest BCUT2D eigenvalue weighted by atomic mass is 10.1. The Labute approximate surface area is 118 Å². The fourth-order valence-corrected chi connectivity index (χ4v) is 2.56. The van der Waals surface area contributed by atoms with E-state index in [0.29, 0.717) is 17.0 Å². The lowest BCUT2D eigenvalue weighted by Gasteiger charge is -2.01. The van der Waals surface area contributed by atoms with Crippen molar-refractivity contribution in [2.45, 2.75) is 0 Å². The molecule has 0 fully saturated rings. The van der Waals surface area contributed by atoms with E-state index in [9.17, 15) is 9.59 Å². The Kier molecular flexibility index (Phi) is 3.22. The van der Waals surface area contributed by atoms with Crippen LogP contribution in [0.5, 0.6) is 0 Å². The quantitative estimate of drug-likeness (QED) is 0.586. The maximum absolute atomic E-state index is 11.3. The van der Waals surface area contributed by atoms with E-state index in [0.717, 1.165) is 22.5 Å². The third-order valence-corrected chi connectivity index (χ3v) is 3.66. The van der Waals surface area contributed by atoms with E-state index in [1.165, 1.54) is 0 Å². The summed E-state index contributed by atoms with van der Waals surface area (Å²) < 4.78 is 1.71. The van der Waals surface area contributed by atoms with Gasteiger partial charge < -0.3 is 0 Å². The topological polar surface area (TPSA) is 66.7 Å². The Morgan fingerprint density at radius 2 is 1.75 bits per heavy atom. The van der Waals surface area contributed by atoms with Gasteiger partial charge in [0.15, 0.2) is 11.2 Å². The summed E-state index contributed by atoms with van der Waals surface area (Å²) in [6.07, 6.45) is 7.76. The van der Waals surface area contributed by atoms with Crippen molar-refractivity contribution in [3.63, 3.8) is 0 Å². The Morgan fingerprint density at radius 3 is 2.40 bits per heavy atom. The summed E-state index contributed by atoms with van der Waals surface area (Å²) >= 11 is 0.902. The molecule has 98 valence electrons. The lowest BCUT2D eigenvalue weighted by Crippen LogP contribution is -2.31. The van der Waals surface area contributed by atoms with Crippen molar-refractivity contribution in [3.8, 4) is 16.9 Å². The molecule has 0 aliphatic carbocycles. The molecule has 0 saturated heterocycles. The van der Waals surface area contributed by atoms with Crippen LogP contribution in [0.3, 0.4) is 0 Å². The van der Waals surface area contributed by atoms with Gasteiger partial charge in [-0.3, -0.25) is 9.78 Å². The number of hydrogen-bond donors (Lipinski definition) is 1. The third-order valence-electron chi connectivity index (χ3n) is 2.86. The minimum atomic E-state index is -0.243. The first-order chi connectivity index (χ1) is 9.78. The first-order valence-electron chi connectivity index (χ1n) is 5.88. The van der Waals surface area contributed by atoms with Crippen LogP contribution in [0, 0.1) is 0 Å². The van der Waals surface area contributed by atoms with E-state index >= 15 is 0 Å². The number of nitrogens with one attached hydrogen (secondary N) is 1. The second kappa shape index (κ2) is 5.18. The molecule has 0 amide bonds. The molecular formula is C14H10N3O2S+. The van der Waals surface area contributed by atoms with Crippen molar-refractivity contribution in [2.24, 2.45) is 0 Å². The maximum atomic E-state index is 11.3. The van der Waals surface area contributed by atoms with Gasteiger partial charge in [0.05, 0.1) is 12.4 Å². The van der Waals surface area contributed by atoms with Crippen LogP contribution in [0.25, 0.3) is 16.9 Å². The summed E-state index contributed by atoms with van der Waals surface area (Å²) in [6.45, 7) is 0. The average Bonchev–Trinajstić information content (AvgIpc) is 2.89. The molecule has 3 rings (SSSR count). The molecule has 0 aliphatic heterocycles. The van der Waals surface area contributed by atoms with E-state index in [4.69, 9.17) is 0 Å². The first kappa shape index (κ1) is 12.4. The highest BCUT2D eigenvalue weighted by Crippen LogP contribution is 2.16. The standard InChI is InChI=1S/C14H9N3O2S/c18-9-12-13(16-14(19)20-12)17-7-3-11(4-8-17)10-1-5-15-6-2-10/h1-9H/p+1. The highest BCUT2D eigenvalue weighted by molar-refractivity contribution is 7.11. The smallest absolute Gasteiger partial charge is 0.297 e. The Balaban J connectivity index is 2.01. The van der Waals surface area contributed by atoms with Gasteiger partial charge >= 0.3 is 10.7 Å². The zero-order valence-electron chi connectivity index (χ0n) is 10.3. The summed E-state index contributed by atoms with van der Waals surface area (Å²) in [4.78, 5) is 29.0. The molecule has 0 aliphatic rings. The molecular weight excluding hydrogens is 274 g/mol. The number of nitrogens with zero attached hydrogens (tertiary/aromatic N) is 2. The minimum Gasteiger partial charge on any atom is -0.297 e. The molecule has 0 saturated carbocycles. The summed E-state index contributed by atoms with van der Waals surface area (Å²) in [5.74, 6) is 0.497. The van der Waals surface area contributed by atoms with Crippen molar-refractivity contribution in [3.05, 3.63) is 63.6 Å². The maximum Gasteiger partial charge on any atom is 0.390 e. The molecule has 0 spiro atoms. The molecule has 5 nitrogen and oxygen atoms in total. The van der Waals surface area contributed by atoms with Crippen LogP contribution in [0.1, 0.15) is 9.67 Å². The molecule has 0 aromatic carbocycles. The highest BCUT2D eigenvalue weighted by Gasteiger charge is 2.16. The number of aromatic amines is 1. The van der Waals surface area contributed by atoms with Gasteiger partial charge in [-0.15, -0.1) is 0 Å². The zero-order valence-corrected chi connectivity index (χ0v) is 11.1. The second-order valence-electron chi connectivity index (χ2n) is 4.08. The summed E-state index contributed by atoms with van der Waals surface area (Å²) in [5, 5.41) is 0. The SMILES string of the molecule is O=Cc1sc(=O)[nH]c1-[n+]1ccc(-c2ccncc2)cc1.